The van der Waals surface area contributed by atoms with Gasteiger partial charge in [0.05, 0.1) is 6.54 Å². The molecular weight excluding hydrogens is 345 g/mol. The van der Waals surface area contributed by atoms with Crippen molar-refractivity contribution in [1.29, 1.82) is 0 Å². The quantitative estimate of drug-likeness (QED) is 0.559. The predicted molar refractivity (Wildman–Crippen MR) is 92.0 cm³/mol. The first-order chi connectivity index (χ1) is 12.1. The van der Waals surface area contributed by atoms with Crippen LogP contribution >= 0.6 is 11.6 Å². The summed E-state index contributed by atoms with van der Waals surface area (Å²) in [4.78, 5) is 17.0. The van der Waals surface area contributed by atoms with Gasteiger partial charge in [-0.1, -0.05) is 41.0 Å². The van der Waals surface area contributed by atoms with Crippen molar-refractivity contribution >= 4 is 22.7 Å². The van der Waals surface area contributed by atoms with E-state index in [1.54, 1.807) is 36.4 Å². The second-order valence-corrected chi connectivity index (χ2v) is 5.96. The monoisotopic (exact) mass is 355 g/mol. The minimum absolute atomic E-state index is 0.172. The number of benzene rings is 2. The fraction of sp³-hybridized carbons (Fsp3) is 0.0556. The lowest BCUT2D eigenvalue weighted by Gasteiger charge is -2.05. The summed E-state index contributed by atoms with van der Waals surface area (Å²) >= 11 is 5.90. The van der Waals surface area contributed by atoms with Gasteiger partial charge in [-0.05, 0) is 29.8 Å². The first kappa shape index (κ1) is 15.5. The SMILES string of the molecule is O=c1c2c(-c3ccc(Cl)cc3)noc2ncn1Cc1ccc(F)cc1. The van der Waals surface area contributed by atoms with Gasteiger partial charge in [-0.15, -0.1) is 0 Å². The van der Waals surface area contributed by atoms with Crippen LogP contribution in [0.25, 0.3) is 22.4 Å². The van der Waals surface area contributed by atoms with Gasteiger partial charge in [0.15, 0.2) is 0 Å². The van der Waals surface area contributed by atoms with Gasteiger partial charge >= 0.3 is 0 Å². The zero-order valence-corrected chi connectivity index (χ0v) is 13.6. The Morgan fingerprint density at radius 3 is 2.52 bits per heavy atom. The summed E-state index contributed by atoms with van der Waals surface area (Å²) in [6, 6.07) is 12.9. The van der Waals surface area contributed by atoms with Gasteiger partial charge in [0.2, 0.25) is 0 Å². The maximum absolute atomic E-state index is 13.0. The van der Waals surface area contributed by atoms with E-state index in [0.29, 0.717) is 21.7 Å². The molecular formula is C18H11ClFN3O2. The van der Waals surface area contributed by atoms with E-state index >= 15 is 0 Å². The molecule has 0 saturated heterocycles. The van der Waals surface area contributed by atoms with E-state index in [4.69, 9.17) is 16.1 Å². The van der Waals surface area contributed by atoms with Crippen molar-refractivity contribution in [3.8, 4) is 11.3 Å². The van der Waals surface area contributed by atoms with Crippen molar-refractivity contribution in [3.63, 3.8) is 0 Å². The molecule has 0 aliphatic heterocycles. The third kappa shape index (κ3) is 2.92. The molecule has 0 fully saturated rings. The molecule has 2 aromatic carbocycles. The molecule has 0 radical (unpaired) electrons. The van der Waals surface area contributed by atoms with Crippen LogP contribution in [0.2, 0.25) is 5.02 Å². The molecule has 2 aromatic heterocycles. The highest BCUT2D eigenvalue weighted by Crippen LogP contribution is 2.25. The van der Waals surface area contributed by atoms with Crippen LogP contribution in [0.5, 0.6) is 0 Å². The molecule has 0 amide bonds. The van der Waals surface area contributed by atoms with Gasteiger partial charge in [0, 0.05) is 10.6 Å². The fourth-order valence-electron chi connectivity index (χ4n) is 2.58. The summed E-state index contributed by atoms with van der Waals surface area (Å²) in [5, 5.41) is 4.86. The molecule has 2 heterocycles. The second-order valence-electron chi connectivity index (χ2n) is 5.52. The molecule has 0 saturated carbocycles. The van der Waals surface area contributed by atoms with Gasteiger partial charge in [-0.25, -0.2) is 9.37 Å². The van der Waals surface area contributed by atoms with Crippen LogP contribution in [-0.4, -0.2) is 14.7 Å². The van der Waals surface area contributed by atoms with E-state index in [2.05, 4.69) is 10.1 Å². The Bertz CT molecular complexity index is 1100. The van der Waals surface area contributed by atoms with E-state index in [1.807, 2.05) is 0 Å². The normalized spacial score (nSPS) is 11.1. The van der Waals surface area contributed by atoms with Gasteiger partial charge in [-0.3, -0.25) is 9.36 Å². The van der Waals surface area contributed by atoms with Gasteiger partial charge in [0.25, 0.3) is 11.3 Å². The number of rotatable bonds is 3. The Kier molecular flexibility index (Phi) is 3.82. The highest BCUT2D eigenvalue weighted by molar-refractivity contribution is 6.30. The topological polar surface area (TPSA) is 60.9 Å². The predicted octanol–water partition coefficient (Wildman–Crippen LogP) is 3.89. The van der Waals surface area contributed by atoms with Crippen molar-refractivity contribution < 1.29 is 8.91 Å². The van der Waals surface area contributed by atoms with Gasteiger partial charge < -0.3 is 4.52 Å². The highest BCUT2D eigenvalue weighted by atomic mass is 35.5. The molecule has 124 valence electrons. The Balaban J connectivity index is 1.81. The van der Waals surface area contributed by atoms with E-state index < -0.39 is 0 Å². The Morgan fingerprint density at radius 1 is 1.08 bits per heavy atom. The molecule has 0 N–H and O–H groups in total. The minimum Gasteiger partial charge on any atom is -0.335 e. The maximum atomic E-state index is 13.0. The summed E-state index contributed by atoms with van der Waals surface area (Å²) in [5.74, 6) is -0.325. The third-order valence-electron chi connectivity index (χ3n) is 3.85. The molecule has 4 aromatic rings. The number of halogens is 2. The smallest absolute Gasteiger partial charge is 0.267 e. The van der Waals surface area contributed by atoms with Crippen LogP contribution < -0.4 is 5.56 Å². The summed E-state index contributed by atoms with van der Waals surface area (Å²) in [7, 11) is 0. The summed E-state index contributed by atoms with van der Waals surface area (Å²) in [6.07, 6.45) is 1.39. The average molecular weight is 356 g/mol. The molecule has 0 unspecified atom stereocenters. The number of nitrogens with zero attached hydrogens (tertiary/aromatic N) is 3. The molecule has 0 atom stereocenters. The molecule has 4 rings (SSSR count). The zero-order valence-electron chi connectivity index (χ0n) is 12.8. The second kappa shape index (κ2) is 6.14. The highest BCUT2D eigenvalue weighted by Gasteiger charge is 2.17. The molecule has 0 bridgehead atoms. The number of aromatic nitrogens is 3. The number of hydrogen-bond donors (Lipinski definition) is 0. The van der Waals surface area contributed by atoms with Crippen LogP contribution in [0.4, 0.5) is 4.39 Å². The summed E-state index contributed by atoms with van der Waals surface area (Å²) < 4.78 is 19.6. The largest absolute Gasteiger partial charge is 0.335 e. The van der Waals surface area contributed by atoms with Crippen molar-refractivity contribution in [1.82, 2.24) is 14.7 Å². The van der Waals surface area contributed by atoms with Gasteiger partial charge in [-0.2, -0.15) is 0 Å². The third-order valence-corrected chi connectivity index (χ3v) is 4.10. The van der Waals surface area contributed by atoms with Crippen LogP contribution in [-0.2, 0) is 6.54 Å². The maximum Gasteiger partial charge on any atom is 0.267 e. The number of fused-ring (bicyclic) bond motifs is 1. The average Bonchev–Trinajstić information content (AvgIpc) is 3.05. The van der Waals surface area contributed by atoms with Crippen LogP contribution in [0.15, 0.2) is 64.2 Å². The Morgan fingerprint density at radius 2 is 1.80 bits per heavy atom. The Hall–Kier alpha value is -2.99. The van der Waals surface area contributed by atoms with Crippen molar-refractivity contribution in [2.75, 3.05) is 0 Å². The molecule has 0 aliphatic carbocycles. The Labute approximate surface area is 146 Å². The standard InChI is InChI=1S/C18H11ClFN3O2/c19-13-5-3-12(4-6-13)16-15-17(25-22-16)21-10-23(18(15)24)9-11-1-7-14(20)8-2-11/h1-8,10H,9H2. The van der Waals surface area contributed by atoms with Crippen LogP contribution in [0.1, 0.15) is 5.56 Å². The summed E-state index contributed by atoms with van der Waals surface area (Å²) in [6.45, 7) is 0.271. The first-order valence-electron chi connectivity index (χ1n) is 7.47. The fourth-order valence-corrected chi connectivity index (χ4v) is 2.71. The number of hydrogen-bond acceptors (Lipinski definition) is 4. The minimum atomic E-state index is -0.325. The molecule has 0 spiro atoms. The van der Waals surface area contributed by atoms with E-state index in [1.165, 1.54) is 23.0 Å². The first-order valence-corrected chi connectivity index (χ1v) is 7.85. The van der Waals surface area contributed by atoms with E-state index in [9.17, 15) is 9.18 Å². The van der Waals surface area contributed by atoms with Crippen molar-refractivity contribution in [2.24, 2.45) is 0 Å². The lowest BCUT2D eigenvalue weighted by molar-refractivity contribution is 0.450. The van der Waals surface area contributed by atoms with Gasteiger partial charge in [0.1, 0.15) is 23.2 Å². The van der Waals surface area contributed by atoms with Crippen molar-refractivity contribution in [3.05, 3.63) is 81.6 Å². The molecule has 0 aliphatic rings. The van der Waals surface area contributed by atoms with Crippen molar-refractivity contribution in [2.45, 2.75) is 6.54 Å². The molecule has 5 nitrogen and oxygen atoms in total. The van der Waals surface area contributed by atoms with E-state index in [-0.39, 0.29) is 23.6 Å². The lowest BCUT2D eigenvalue weighted by Crippen LogP contribution is -2.21. The van der Waals surface area contributed by atoms with E-state index in [0.717, 1.165) is 5.56 Å². The summed E-state index contributed by atoms with van der Waals surface area (Å²) in [5.41, 5.74) is 1.80. The van der Waals surface area contributed by atoms with Crippen LogP contribution in [0.3, 0.4) is 0 Å². The van der Waals surface area contributed by atoms with Crippen LogP contribution in [0, 0.1) is 5.82 Å². The molecule has 7 heteroatoms. The zero-order chi connectivity index (χ0) is 17.4. The molecule has 25 heavy (non-hydrogen) atoms. The lowest BCUT2D eigenvalue weighted by atomic mass is 10.1.